The van der Waals surface area contributed by atoms with Crippen LogP contribution in [0.4, 0.5) is 0 Å². The van der Waals surface area contributed by atoms with Crippen LogP contribution >= 0.6 is 0 Å². The molecule has 0 rings (SSSR count). The standard InChI is InChI=1S/C8H17NO3/c1-3-11-4-5-12-6-8(10)7(2)9/h3,7-8,10H,1,4-6,9H2,2H3. The Labute approximate surface area is 73.0 Å². The predicted octanol–water partition coefficient (Wildman–Crippen LogP) is -0.129. The summed E-state index contributed by atoms with van der Waals surface area (Å²) in [5.74, 6) is 0. The first-order chi connectivity index (χ1) is 5.68. The number of rotatable bonds is 7. The van der Waals surface area contributed by atoms with Gasteiger partial charge in [0, 0.05) is 6.04 Å². The van der Waals surface area contributed by atoms with Gasteiger partial charge in [0.2, 0.25) is 0 Å². The van der Waals surface area contributed by atoms with E-state index >= 15 is 0 Å². The van der Waals surface area contributed by atoms with E-state index in [9.17, 15) is 5.11 Å². The van der Waals surface area contributed by atoms with Crippen molar-refractivity contribution >= 4 is 0 Å². The molecular weight excluding hydrogens is 158 g/mol. The highest BCUT2D eigenvalue weighted by Gasteiger charge is 2.08. The number of aliphatic hydroxyl groups excluding tert-OH is 1. The Kier molecular flexibility index (Phi) is 6.75. The molecule has 4 heteroatoms. The summed E-state index contributed by atoms with van der Waals surface area (Å²) < 4.78 is 9.86. The van der Waals surface area contributed by atoms with Crippen LogP contribution in [0.2, 0.25) is 0 Å². The van der Waals surface area contributed by atoms with Crippen LogP contribution < -0.4 is 5.73 Å². The first-order valence-corrected chi connectivity index (χ1v) is 3.92. The molecule has 0 amide bonds. The zero-order valence-electron chi connectivity index (χ0n) is 7.40. The summed E-state index contributed by atoms with van der Waals surface area (Å²) in [7, 11) is 0. The van der Waals surface area contributed by atoms with E-state index in [1.54, 1.807) is 6.92 Å². The maximum absolute atomic E-state index is 9.17. The van der Waals surface area contributed by atoms with Crippen molar-refractivity contribution in [3.63, 3.8) is 0 Å². The fourth-order valence-corrected chi connectivity index (χ4v) is 0.546. The van der Waals surface area contributed by atoms with Crippen LogP contribution in [0.1, 0.15) is 6.92 Å². The zero-order chi connectivity index (χ0) is 9.40. The van der Waals surface area contributed by atoms with E-state index in [0.717, 1.165) is 0 Å². The van der Waals surface area contributed by atoms with Crippen molar-refractivity contribution in [1.82, 2.24) is 0 Å². The zero-order valence-corrected chi connectivity index (χ0v) is 7.40. The summed E-state index contributed by atoms with van der Waals surface area (Å²) in [5.41, 5.74) is 5.40. The third kappa shape index (κ3) is 6.15. The van der Waals surface area contributed by atoms with Gasteiger partial charge < -0.3 is 20.3 Å². The van der Waals surface area contributed by atoms with E-state index in [4.69, 9.17) is 15.2 Å². The Balaban J connectivity index is 3.13. The Morgan fingerprint density at radius 2 is 2.25 bits per heavy atom. The molecule has 0 saturated heterocycles. The highest BCUT2D eigenvalue weighted by molar-refractivity contribution is 4.64. The highest BCUT2D eigenvalue weighted by Crippen LogP contribution is 1.90. The number of hydrogen-bond donors (Lipinski definition) is 2. The van der Waals surface area contributed by atoms with Crippen molar-refractivity contribution in [1.29, 1.82) is 0 Å². The van der Waals surface area contributed by atoms with Crippen LogP contribution in [0, 0.1) is 0 Å². The smallest absolute Gasteiger partial charge is 0.111 e. The summed E-state index contributed by atoms with van der Waals surface area (Å²) >= 11 is 0. The molecule has 0 spiro atoms. The van der Waals surface area contributed by atoms with E-state index < -0.39 is 6.10 Å². The van der Waals surface area contributed by atoms with Crippen molar-refractivity contribution in [3.8, 4) is 0 Å². The van der Waals surface area contributed by atoms with E-state index in [-0.39, 0.29) is 12.6 Å². The Bertz CT molecular complexity index is 117. The highest BCUT2D eigenvalue weighted by atomic mass is 16.5. The molecule has 0 aliphatic heterocycles. The van der Waals surface area contributed by atoms with Gasteiger partial charge >= 0.3 is 0 Å². The summed E-state index contributed by atoms with van der Waals surface area (Å²) in [6.45, 7) is 6.25. The summed E-state index contributed by atoms with van der Waals surface area (Å²) in [6, 6.07) is -0.259. The van der Waals surface area contributed by atoms with Crippen LogP contribution in [0.3, 0.4) is 0 Å². The number of hydrogen-bond acceptors (Lipinski definition) is 4. The van der Waals surface area contributed by atoms with Gasteiger partial charge in [0.05, 0.1) is 25.6 Å². The Morgan fingerprint density at radius 3 is 2.75 bits per heavy atom. The van der Waals surface area contributed by atoms with Crippen molar-refractivity contribution in [2.75, 3.05) is 19.8 Å². The molecule has 0 aromatic heterocycles. The van der Waals surface area contributed by atoms with E-state index in [1.807, 2.05) is 0 Å². The van der Waals surface area contributed by atoms with Crippen molar-refractivity contribution in [3.05, 3.63) is 12.8 Å². The fraction of sp³-hybridized carbons (Fsp3) is 0.750. The predicted molar refractivity (Wildman–Crippen MR) is 46.6 cm³/mol. The molecule has 0 aliphatic rings. The Hall–Kier alpha value is -0.580. The molecule has 72 valence electrons. The lowest BCUT2D eigenvalue weighted by Crippen LogP contribution is -2.35. The van der Waals surface area contributed by atoms with Gasteiger partial charge in [-0.25, -0.2) is 0 Å². The first-order valence-electron chi connectivity index (χ1n) is 3.92. The molecule has 3 N–H and O–H groups in total. The molecule has 0 aromatic carbocycles. The minimum absolute atomic E-state index is 0.248. The van der Waals surface area contributed by atoms with Gasteiger partial charge in [-0.3, -0.25) is 0 Å². The van der Waals surface area contributed by atoms with Crippen LogP contribution in [-0.2, 0) is 9.47 Å². The molecule has 0 heterocycles. The molecule has 0 bridgehead atoms. The maximum Gasteiger partial charge on any atom is 0.111 e. The Morgan fingerprint density at radius 1 is 1.58 bits per heavy atom. The van der Waals surface area contributed by atoms with Crippen LogP contribution in [0.15, 0.2) is 12.8 Å². The average Bonchev–Trinajstić information content (AvgIpc) is 2.03. The molecule has 0 radical (unpaired) electrons. The fourth-order valence-electron chi connectivity index (χ4n) is 0.546. The van der Waals surface area contributed by atoms with Gasteiger partial charge in [0.15, 0.2) is 0 Å². The number of aliphatic hydroxyl groups is 1. The normalized spacial score (nSPS) is 15.2. The van der Waals surface area contributed by atoms with Crippen LogP contribution in [0.5, 0.6) is 0 Å². The minimum Gasteiger partial charge on any atom is -0.499 e. The van der Waals surface area contributed by atoms with Crippen molar-refractivity contribution < 1.29 is 14.6 Å². The topological polar surface area (TPSA) is 64.7 Å². The number of ether oxygens (including phenoxy) is 2. The number of nitrogens with two attached hydrogens (primary N) is 1. The largest absolute Gasteiger partial charge is 0.499 e. The third-order valence-electron chi connectivity index (χ3n) is 1.36. The second-order valence-corrected chi connectivity index (χ2v) is 2.54. The third-order valence-corrected chi connectivity index (χ3v) is 1.36. The lowest BCUT2D eigenvalue weighted by atomic mass is 10.2. The van der Waals surface area contributed by atoms with Gasteiger partial charge in [-0.1, -0.05) is 6.58 Å². The minimum atomic E-state index is -0.603. The second-order valence-electron chi connectivity index (χ2n) is 2.54. The van der Waals surface area contributed by atoms with Gasteiger partial charge in [-0.15, -0.1) is 0 Å². The van der Waals surface area contributed by atoms with E-state index in [1.165, 1.54) is 6.26 Å². The van der Waals surface area contributed by atoms with Crippen LogP contribution in [-0.4, -0.2) is 37.1 Å². The molecule has 0 fully saturated rings. The van der Waals surface area contributed by atoms with Gasteiger partial charge in [0.25, 0.3) is 0 Å². The summed E-state index contributed by atoms with van der Waals surface area (Å²) in [5, 5.41) is 9.17. The van der Waals surface area contributed by atoms with Gasteiger partial charge in [-0.05, 0) is 6.92 Å². The molecule has 12 heavy (non-hydrogen) atoms. The van der Waals surface area contributed by atoms with Gasteiger partial charge in [0.1, 0.15) is 6.61 Å². The molecule has 0 aliphatic carbocycles. The van der Waals surface area contributed by atoms with Gasteiger partial charge in [-0.2, -0.15) is 0 Å². The molecule has 0 saturated carbocycles. The molecule has 4 nitrogen and oxygen atoms in total. The molecule has 2 atom stereocenters. The van der Waals surface area contributed by atoms with Crippen molar-refractivity contribution in [2.45, 2.75) is 19.1 Å². The SMILES string of the molecule is C=COCCOCC(O)C(C)N. The lowest BCUT2D eigenvalue weighted by molar-refractivity contribution is 0.0109. The van der Waals surface area contributed by atoms with Crippen LogP contribution in [0.25, 0.3) is 0 Å². The lowest BCUT2D eigenvalue weighted by Gasteiger charge is -2.14. The van der Waals surface area contributed by atoms with Crippen molar-refractivity contribution in [2.24, 2.45) is 5.73 Å². The average molecular weight is 175 g/mol. The quantitative estimate of drug-likeness (QED) is 0.418. The molecule has 0 aromatic rings. The van der Waals surface area contributed by atoms with E-state index in [2.05, 4.69) is 6.58 Å². The molecular formula is C8H17NO3. The molecule has 2 unspecified atom stereocenters. The summed E-state index contributed by atoms with van der Waals surface area (Å²) in [6.07, 6.45) is 0.749. The summed E-state index contributed by atoms with van der Waals surface area (Å²) in [4.78, 5) is 0. The first kappa shape index (κ1) is 11.4. The maximum atomic E-state index is 9.17. The van der Waals surface area contributed by atoms with E-state index in [0.29, 0.717) is 13.2 Å². The second kappa shape index (κ2) is 7.09. The monoisotopic (exact) mass is 175 g/mol.